The molecular weight excluding hydrogens is 346 g/mol. The summed E-state index contributed by atoms with van der Waals surface area (Å²) in [6.45, 7) is 1.53. The Bertz CT molecular complexity index is 838. The van der Waals surface area contributed by atoms with E-state index < -0.39 is 22.4 Å². The lowest BCUT2D eigenvalue weighted by Gasteiger charge is -2.09. The van der Waals surface area contributed by atoms with Crippen LogP contribution in [0.3, 0.4) is 0 Å². The van der Waals surface area contributed by atoms with Crippen molar-refractivity contribution in [2.75, 3.05) is 18.5 Å². The molecule has 0 bridgehead atoms. The number of anilines is 1. The van der Waals surface area contributed by atoms with Gasteiger partial charge in [0.1, 0.15) is 11.4 Å². The topological polar surface area (TPSA) is 134 Å². The molecule has 10 nitrogen and oxygen atoms in total. The molecule has 136 valence electrons. The van der Waals surface area contributed by atoms with E-state index in [1.54, 1.807) is 6.92 Å². The number of carbonyl (C=O) groups excluding carboxylic acids is 1. The molecule has 2 rings (SSSR count). The predicted molar refractivity (Wildman–Crippen MR) is 91.5 cm³/mol. The summed E-state index contributed by atoms with van der Waals surface area (Å²) in [7, 11) is 0. The van der Waals surface area contributed by atoms with Crippen LogP contribution in [-0.4, -0.2) is 29.0 Å². The normalized spacial score (nSPS) is 10.0. The molecule has 26 heavy (non-hydrogen) atoms. The molecule has 2 aromatic rings. The second-order valence-electron chi connectivity index (χ2n) is 4.93. The van der Waals surface area contributed by atoms with Crippen LogP contribution in [0.5, 0.6) is 11.5 Å². The Labute approximate surface area is 147 Å². The van der Waals surface area contributed by atoms with E-state index in [0.29, 0.717) is 12.4 Å². The van der Waals surface area contributed by atoms with Crippen molar-refractivity contribution in [2.45, 2.75) is 6.92 Å². The lowest BCUT2D eigenvalue weighted by atomic mass is 10.2. The molecule has 0 aliphatic carbocycles. The van der Waals surface area contributed by atoms with Gasteiger partial charge in [0.25, 0.3) is 11.6 Å². The highest BCUT2D eigenvalue weighted by atomic mass is 16.6. The van der Waals surface area contributed by atoms with Crippen molar-refractivity contribution in [3.63, 3.8) is 0 Å². The van der Waals surface area contributed by atoms with Gasteiger partial charge in [0.05, 0.1) is 22.5 Å². The Hall–Kier alpha value is -3.69. The van der Waals surface area contributed by atoms with Crippen molar-refractivity contribution in [1.29, 1.82) is 0 Å². The summed E-state index contributed by atoms with van der Waals surface area (Å²) in [5.41, 5.74) is -0.656. The maximum atomic E-state index is 12.0. The minimum Gasteiger partial charge on any atom is -0.494 e. The minimum atomic E-state index is -0.699. The molecule has 0 heterocycles. The first-order valence-corrected chi connectivity index (χ1v) is 7.49. The fourth-order valence-corrected chi connectivity index (χ4v) is 2.08. The number of benzene rings is 2. The molecule has 0 aromatic heterocycles. The van der Waals surface area contributed by atoms with Gasteiger partial charge in [-0.05, 0) is 25.1 Å². The van der Waals surface area contributed by atoms with Gasteiger partial charge >= 0.3 is 5.69 Å². The summed E-state index contributed by atoms with van der Waals surface area (Å²) in [4.78, 5) is 32.8. The number of nitro groups is 2. The van der Waals surface area contributed by atoms with Crippen LogP contribution in [0.25, 0.3) is 0 Å². The summed E-state index contributed by atoms with van der Waals surface area (Å²) >= 11 is 0. The van der Waals surface area contributed by atoms with E-state index in [2.05, 4.69) is 5.32 Å². The predicted octanol–water partition coefficient (Wildman–Crippen LogP) is 2.92. The Morgan fingerprint density at radius 1 is 1.04 bits per heavy atom. The molecule has 0 fully saturated rings. The van der Waals surface area contributed by atoms with Crippen LogP contribution in [0.4, 0.5) is 17.1 Å². The van der Waals surface area contributed by atoms with Crippen LogP contribution in [0.2, 0.25) is 0 Å². The van der Waals surface area contributed by atoms with Gasteiger partial charge in [-0.2, -0.15) is 0 Å². The third-order valence-corrected chi connectivity index (χ3v) is 3.17. The van der Waals surface area contributed by atoms with Gasteiger partial charge in [-0.3, -0.25) is 25.0 Å². The van der Waals surface area contributed by atoms with Crippen LogP contribution in [-0.2, 0) is 4.79 Å². The number of hydrogen-bond donors (Lipinski definition) is 1. The Morgan fingerprint density at radius 2 is 1.73 bits per heavy atom. The second-order valence-corrected chi connectivity index (χ2v) is 4.93. The molecular formula is C16H15N3O7. The quantitative estimate of drug-likeness (QED) is 0.564. The van der Waals surface area contributed by atoms with Gasteiger partial charge in [-0.25, -0.2) is 0 Å². The Kier molecular flexibility index (Phi) is 6.04. The number of nitrogens with zero attached hydrogens (tertiary/aromatic N) is 2. The highest BCUT2D eigenvalue weighted by Crippen LogP contribution is 2.29. The second kappa shape index (κ2) is 8.42. The smallest absolute Gasteiger partial charge is 0.310 e. The summed E-state index contributed by atoms with van der Waals surface area (Å²) in [5.74, 6) is -0.474. The number of para-hydroxylation sites is 2. The molecule has 10 heteroatoms. The monoisotopic (exact) mass is 361 g/mol. The number of nitrogens with one attached hydrogen (secondary N) is 1. The molecule has 1 N–H and O–H groups in total. The lowest BCUT2D eigenvalue weighted by molar-refractivity contribution is -0.385. The lowest BCUT2D eigenvalue weighted by Crippen LogP contribution is -2.21. The summed E-state index contributed by atoms with van der Waals surface area (Å²) in [5, 5.41) is 24.4. The average Bonchev–Trinajstić information content (AvgIpc) is 2.61. The van der Waals surface area contributed by atoms with E-state index in [1.165, 1.54) is 42.5 Å². The van der Waals surface area contributed by atoms with Crippen molar-refractivity contribution in [1.82, 2.24) is 0 Å². The number of nitro benzene ring substituents is 2. The van der Waals surface area contributed by atoms with E-state index in [4.69, 9.17) is 9.47 Å². The van der Waals surface area contributed by atoms with Crippen LogP contribution >= 0.6 is 0 Å². The van der Waals surface area contributed by atoms with E-state index in [0.717, 1.165) is 0 Å². The number of ether oxygens (including phenoxy) is 2. The van der Waals surface area contributed by atoms with Crippen molar-refractivity contribution >= 4 is 23.0 Å². The molecule has 0 unspecified atom stereocenters. The van der Waals surface area contributed by atoms with Crippen LogP contribution in [0, 0.1) is 20.2 Å². The highest BCUT2D eigenvalue weighted by molar-refractivity contribution is 5.94. The Balaban J connectivity index is 2.08. The zero-order valence-electron chi connectivity index (χ0n) is 13.7. The van der Waals surface area contributed by atoms with E-state index >= 15 is 0 Å². The molecule has 2 aromatic carbocycles. The number of carbonyl (C=O) groups is 1. The van der Waals surface area contributed by atoms with Crippen molar-refractivity contribution in [2.24, 2.45) is 0 Å². The van der Waals surface area contributed by atoms with Crippen molar-refractivity contribution in [3.8, 4) is 11.5 Å². The number of hydrogen-bond acceptors (Lipinski definition) is 7. The molecule has 0 aliphatic rings. The fraction of sp³-hybridized carbons (Fsp3) is 0.188. The van der Waals surface area contributed by atoms with Crippen LogP contribution in [0.1, 0.15) is 6.92 Å². The molecule has 0 aliphatic heterocycles. The summed E-state index contributed by atoms with van der Waals surface area (Å²) < 4.78 is 10.3. The maximum absolute atomic E-state index is 12.0. The van der Waals surface area contributed by atoms with E-state index in [1.807, 2.05) is 0 Å². The largest absolute Gasteiger partial charge is 0.494 e. The molecule has 0 atom stereocenters. The summed E-state index contributed by atoms with van der Waals surface area (Å²) in [6, 6.07) is 9.60. The van der Waals surface area contributed by atoms with Gasteiger partial charge in [-0.1, -0.05) is 12.1 Å². The number of rotatable bonds is 8. The summed E-state index contributed by atoms with van der Waals surface area (Å²) in [6.07, 6.45) is 0. The highest BCUT2D eigenvalue weighted by Gasteiger charge is 2.19. The van der Waals surface area contributed by atoms with Gasteiger partial charge in [0.2, 0.25) is 0 Å². The Morgan fingerprint density at radius 3 is 2.38 bits per heavy atom. The van der Waals surface area contributed by atoms with Gasteiger partial charge in [-0.15, -0.1) is 0 Å². The molecule has 0 spiro atoms. The zero-order valence-corrected chi connectivity index (χ0v) is 13.7. The molecule has 0 saturated heterocycles. The van der Waals surface area contributed by atoms with Crippen LogP contribution in [0.15, 0.2) is 42.5 Å². The van der Waals surface area contributed by atoms with Gasteiger partial charge in [0.15, 0.2) is 12.4 Å². The zero-order chi connectivity index (χ0) is 19.1. The van der Waals surface area contributed by atoms with Gasteiger partial charge < -0.3 is 14.8 Å². The third-order valence-electron chi connectivity index (χ3n) is 3.17. The first-order valence-electron chi connectivity index (χ1n) is 7.49. The van der Waals surface area contributed by atoms with E-state index in [9.17, 15) is 25.0 Å². The number of amides is 1. The minimum absolute atomic E-state index is 0.0328. The third kappa shape index (κ3) is 4.66. The first-order chi connectivity index (χ1) is 12.4. The average molecular weight is 361 g/mol. The van der Waals surface area contributed by atoms with Crippen molar-refractivity contribution < 1.29 is 24.1 Å². The SMILES string of the molecule is CCOc1ccc(NC(=O)COc2ccccc2[N+](=O)[O-])c([N+](=O)[O-])c1. The molecule has 0 radical (unpaired) electrons. The molecule has 0 saturated carbocycles. The standard InChI is InChI=1S/C16H15N3O7/c1-2-25-11-7-8-12(14(9-11)19(23)24)17-16(20)10-26-15-6-4-3-5-13(15)18(21)22/h3-9H,2,10H2,1H3,(H,17,20). The molecule has 1 amide bonds. The first kappa shape index (κ1) is 18.6. The van der Waals surface area contributed by atoms with Crippen molar-refractivity contribution in [3.05, 3.63) is 62.7 Å². The van der Waals surface area contributed by atoms with E-state index in [-0.39, 0.29) is 22.8 Å². The maximum Gasteiger partial charge on any atom is 0.310 e. The fourth-order valence-electron chi connectivity index (χ4n) is 2.08. The van der Waals surface area contributed by atoms with Crippen LogP contribution < -0.4 is 14.8 Å². The van der Waals surface area contributed by atoms with Gasteiger partial charge in [0, 0.05) is 6.07 Å².